The molecule has 0 unspecified atom stereocenters. The zero-order valence-electron chi connectivity index (χ0n) is 13.8. The number of primary amides is 1. The number of anilines is 1. The lowest BCUT2D eigenvalue weighted by molar-refractivity contribution is 0.0995. The summed E-state index contributed by atoms with van der Waals surface area (Å²) < 4.78 is 1.73. The molecule has 0 bridgehead atoms. The molecule has 25 heavy (non-hydrogen) atoms. The number of hydrogen-bond donors (Lipinski definition) is 1. The van der Waals surface area contributed by atoms with Gasteiger partial charge in [-0.05, 0) is 13.1 Å². The van der Waals surface area contributed by atoms with Gasteiger partial charge in [-0.2, -0.15) is 0 Å². The zero-order chi connectivity index (χ0) is 17.4. The summed E-state index contributed by atoms with van der Waals surface area (Å²) in [5.74, 6) is 0.844. The zero-order valence-corrected chi connectivity index (χ0v) is 13.8. The third-order valence-electron chi connectivity index (χ3n) is 4.35. The van der Waals surface area contributed by atoms with Crippen LogP contribution < -0.4 is 10.6 Å². The molecule has 0 saturated carbocycles. The fourth-order valence-electron chi connectivity index (χ4n) is 2.87. The highest BCUT2D eigenvalue weighted by atomic mass is 16.1. The molecule has 128 valence electrons. The van der Waals surface area contributed by atoms with E-state index in [-0.39, 0.29) is 5.69 Å². The second kappa shape index (κ2) is 6.10. The Hall–Kier alpha value is -3.07. The largest absolute Gasteiger partial charge is 0.364 e. The highest BCUT2D eigenvalue weighted by Gasteiger charge is 2.17. The van der Waals surface area contributed by atoms with Crippen LogP contribution in [-0.2, 0) is 0 Å². The minimum Gasteiger partial charge on any atom is -0.364 e. The van der Waals surface area contributed by atoms with Crippen molar-refractivity contribution in [2.45, 2.75) is 0 Å². The lowest BCUT2D eigenvalue weighted by Crippen LogP contribution is -2.44. The fraction of sp³-hybridized carbons (Fsp3) is 0.312. The molecule has 3 aromatic heterocycles. The van der Waals surface area contributed by atoms with E-state index in [0.717, 1.165) is 32.0 Å². The van der Waals surface area contributed by atoms with Crippen molar-refractivity contribution in [2.75, 3.05) is 38.1 Å². The van der Waals surface area contributed by atoms with Gasteiger partial charge in [-0.3, -0.25) is 9.20 Å². The molecule has 0 radical (unpaired) electrons. The maximum absolute atomic E-state index is 11.4. The Kier molecular flexibility index (Phi) is 3.77. The van der Waals surface area contributed by atoms with Gasteiger partial charge in [0, 0.05) is 38.6 Å². The Balaban J connectivity index is 1.72. The van der Waals surface area contributed by atoms with E-state index in [9.17, 15) is 4.79 Å². The third-order valence-corrected chi connectivity index (χ3v) is 4.35. The average molecular weight is 338 g/mol. The fourth-order valence-corrected chi connectivity index (χ4v) is 2.87. The van der Waals surface area contributed by atoms with Crippen molar-refractivity contribution >= 4 is 17.4 Å². The van der Waals surface area contributed by atoms with Crippen LogP contribution in [0.1, 0.15) is 10.5 Å². The van der Waals surface area contributed by atoms with Gasteiger partial charge in [0.05, 0.1) is 12.4 Å². The SMILES string of the molecule is CN1CCN(c2ccnc(-c3cnc4cnc(C(N)=O)cn34)n2)CC1. The van der Waals surface area contributed by atoms with Crippen molar-refractivity contribution in [1.82, 2.24) is 29.2 Å². The first-order valence-corrected chi connectivity index (χ1v) is 8.01. The van der Waals surface area contributed by atoms with E-state index < -0.39 is 5.91 Å². The molecule has 9 heteroatoms. The molecule has 1 amide bonds. The second-order valence-corrected chi connectivity index (χ2v) is 6.04. The minimum atomic E-state index is -0.589. The number of hydrogen-bond acceptors (Lipinski definition) is 7. The van der Waals surface area contributed by atoms with Crippen molar-refractivity contribution in [3.05, 3.63) is 36.5 Å². The summed E-state index contributed by atoms with van der Waals surface area (Å²) in [6, 6.07) is 1.91. The molecule has 1 aliphatic rings. The number of nitrogens with zero attached hydrogens (tertiary/aromatic N) is 7. The van der Waals surface area contributed by atoms with Crippen molar-refractivity contribution in [3.63, 3.8) is 0 Å². The van der Waals surface area contributed by atoms with E-state index in [1.165, 1.54) is 6.20 Å². The van der Waals surface area contributed by atoms with Gasteiger partial charge in [-0.1, -0.05) is 0 Å². The number of carbonyl (C=O) groups excluding carboxylic acids is 1. The van der Waals surface area contributed by atoms with Crippen LogP contribution >= 0.6 is 0 Å². The van der Waals surface area contributed by atoms with E-state index in [4.69, 9.17) is 5.73 Å². The first kappa shape index (κ1) is 15.5. The number of nitrogens with two attached hydrogens (primary N) is 1. The predicted octanol–water partition coefficient (Wildman–Crippen LogP) is 0.0370. The highest BCUT2D eigenvalue weighted by molar-refractivity contribution is 5.90. The summed E-state index contributed by atoms with van der Waals surface area (Å²) >= 11 is 0. The maximum Gasteiger partial charge on any atom is 0.268 e. The molecular formula is C16H18N8O. The Bertz CT molecular complexity index is 929. The number of rotatable bonds is 3. The molecule has 9 nitrogen and oxygen atoms in total. The number of carbonyl (C=O) groups is 1. The van der Waals surface area contributed by atoms with Gasteiger partial charge in [0.25, 0.3) is 5.91 Å². The molecule has 1 fully saturated rings. The summed E-state index contributed by atoms with van der Waals surface area (Å²) in [6.45, 7) is 3.86. The van der Waals surface area contributed by atoms with Gasteiger partial charge in [0.1, 0.15) is 17.2 Å². The summed E-state index contributed by atoms with van der Waals surface area (Å²) in [6.07, 6.45) is 6.48. The van der Waals surface area contributed by atoms with E-state index in [2.05, 4.69) is 36.8 Å². The van der Waals surface area contributed by atoms with Crippen LogP contribution in [0.15, 0.2) is 30.9 Å². The van der Waals surface area contributed by atoms with Gasteiger partial charge in [0.2, 0.25) is 0 Å². The predicted molar refractivity (Wildman–Crippen MR) is 92.2 cm³/mol. The van der Waals surface area contributed by atoms with Crippen LogP contribution in [0.3, 0.4) is 0 Å². The number of amides is 1. The van der Waals surface area contributed by atoms with Crippen LogP contribution in [0.5, 0.6) is 0 Å². The number of likely N-dealkylation sites (N-methyl/N-ethyl adjacent to an activating group) is 1. The normalized spacial score (nSPS) is 15.6. The van der Waals surface area contributed by atoms with Crippen molar-refractivity contribution in [1.29, 1.82) is 0 Å². The highest BCUT2D eigenvalue weighted by Crippen LogP contribution is 2.20. The summed E-state index contributed by atoms with van der Waals surface area (Å²) in [4.78, 5) is 33.3. The molecule has 1 aliphatic heterocycles. The molecule has 0 spiro atoms. The van der Waals surface area contributed by atoms with E-state index >= 15 is 0 Å². The molecular weight excluding hydrogens is 320 g/mol. The van der Waals surface area contributed by atoms with Crippen molar-refractivity contribution < 1.29 is 4.79 Å². The minimum absolute atomic E-state index is 0.168. The number of piperazine rings is 1. The molecule has 0 atom stereocenters. The van der Waals surface area contributed by atoms with Crippen molar-refractivity contribution in [3.8, 4) is 11.5 Å². The standard InChI is InChI=1S/C16H18N8O/c1-22-4-6-23(7-5-22)13-2-3-18-16(21-13)12-8-20-14-9-19-11(15(17)25)10-24(12)14/h2-3,8-10H,4-7H2,1H3,(H2,17,25). The molecule has 4 rings (SSSR count). The van der Waals surface area contributed by atoms with Crippen LogP contribution in [0.4, 0.5) is 5.82 Å². The second-order valence-electron chi connectivity index (χ2n) is 6.04. The molecule has 1 saturated heterocycles. The number of imidazole rings is 1. The quantitative estimate of drug-likeness (QED) is 0.718. The number of fused-ring (bicyclic) bond motifs is 1. The maximum atomic E-state index is 11.4. The monoisotopic (exact) mass is 338 g/mol. The lowest BCUT2D eigenvalue weighted by Gasteiger charge is -2.33. The van der Waals surface area contributed by atoms with E-state index in [0.29, 0.717) is 17.2 Å². The Labute approximate surface area is 144 Å². The van der Waals surface area contributed by atoms with E-state index in [1.54, 1.807) is 23.0 Å². The molecule has 0 aliphatic carbocycles. The van der Waals surface area contributed by atoms with Crippen LogP contribution in [0, 0.1) is 0 Å². The molecule has 2 N–H and O–H groups in total. The van der Waals surface area contributed by atoms with Gasteiger partial charge in [-0.15, -0.1) is 0 Å². The summed E-state index contributed by atoms with van der Waals surface area (Å²) in [5.41, 5.74) is 6.78. The smallest absolute Gasteiger partial charge is 0.268 e. The number of aromatic nitrogens is 5. The molecule has 4 heterocycles. The summed E-state index contributed by atoms with van der Waals surface area (Å²) in [7, 11) is 2.12. The van der Waals surface area contributed by atoms with E-state index in [1.807, 2.05) is 6.07 Å². The Morgan fingerprint density at radius 3 is 2.68 bits per heavy atom. The van der Waals surface area contributed by atoms with Crippen LogP contribution in [-0.4, -0.2) is 68.4 Å². The molecule has 0 aromatic carbocycles. The lowest BCUT2D eigenvalue weighted by atomic mass is 10.3. The van der Waals surface area contributed by atoms with Gasteiger partial charge < -0.3 is 15.5 Å². The topological polar surface area (TPSA) is 106 Å². The van der Waals surface area contributed by atoms with Crippen molar-refractivity contribution in [2.24, 2.45) is 5.73 Å². The average Bonchev–Trinajstić information content (AvgIpc) is 3.05. The first-order chi connectivity index (χ1) is 12.1. The van der Waals surface area contributed by atoms with Gasteiger partial charge >= 0.3 is 0 Å². The van der Waals surface area contributed by atoms with Crippen LogP contribution in [0.2, 0.25) is 0 Å². The molecule has 3 aromatic rings. The van der Waals surface area contributed by atoms with Gasteiger partial charge in [0.15, 0.2) is 11.5 Å². The summed E-state index contributed by atoms with van der Waals surface area (Å²) in [5, 5.41) is 0. The Morgan fingerprint density at radius 1 is 1.12 bits per heavy atom. The van der Waals surface area contributed by atoms with Crippen LogP contribution in [0.25, 0.3) is 17.2 Å². The van der Waals surface area contributed by atoms with Gasteiger partial charge in [-0.25, -0.2) is 19.9 Å². The third kappa shape index (κ3) is 2.89. The first-order valence-electron chi connectivity index (χ1n) is 8.01. The Morgan fingerprint density at radius 2 is 1.92 bits per heavy atom.